The van der Waals surface area contributed by atoms with Crippen LogP contribution in [0.2, 0.25) is 0 Å². The zero-order valence-electron chi connectivity index (χ0n) is 13.3. The van der Waals surface area contributed by atoms with Gasteiger partial charge in [-0.15, -0.1) is 0 Å². The summed E-state index contributed by atoms with van der Waals surface area (Å²) in [7, 11) is -2.09. The molecule has 0 aliphatic rings. The monoisotopic (exact) mass is 365 g/mol. The van der Waals surface area contributed by atoms with Gasteiger partial charge in [-0.1, -0.05) is 18.2 Å². The van der Waals surface area contributed by atoms with Gasteiger partial charge in [0.1, 0.15) is 5.75 Å². The standard InChI is InChI=1S/C16H19N3O3S2/c1-11(12-6-8-15(9-7-12)24(17,20)21)18-16(23)19-13-4-3-5-14(10-13)22-2/h3-11H,1-2H3,(H2,17,20,21)(H2,18,19,23)/t11-/m0/s1. The Morgan fingerprint density at radius 3 is 2.46 bits per heavy atom. The number of hydrogen-bond donors (Lipinski definition) is 3. The highest BCUT2D eigenvalue weighted by Crippen LogP contribution is 2.18. The maximum Gasteiger partial charge on any atom is 0.238 e. The molecule has 0 aliphatic carbocycles. The number of rotatable bonds is 5. The molecule has 24 heavy (non-hydrogen) atoms. The van der Waals surface area contributed by atoms with Crippen LogP contribution in [0.25, 0.3) is 0 Å². The van der Waals surface area contributed by atoms with E-state index >= 15 is 0 Å². The van der Waals surface area contributed by atoms with Crippen molar-refractivity contribution in [2.75, 3.05) is 12.4 Å². The summed E-state index contributed by atoms with van der Waals surface area (Å²) in [6, 6.07) is 13.7. The van der Waals surface area contributed by atoms with Crippen molar-refractivity contribution >= 4 is 33.0 Å². The summed E-state index contributed by atoms with van der Waals surface area (Å²) < 4.78 is 27.7. The number of primary sulfonamides is 1. The largest absolute Gasteiger partial charge is 0.497 e. The van der Waals surface area contributed by atoms with Crippen molar-refractivity contribution in [3.63, 3.8) is 0 Å². The molecule has 6 nitrogen and oxygen atoms in total. The van der Waals surface area contributed by atoms with E-state index in [-0.39, 0.29) is 10.9 Å². The maximum absolute atomic E-state index is 11.3. The minimum absolute atomic E-state index is 0.0792. The number of thiocarbonyl (C=S) groups is 1. The number of nitrogens with two attached hydrogens (primary N) is 1. The first-order valence-electron chi connectivity index (χ1n) is 7.14. The fraction of sp³-hybridized carbons (Fsp3) is 0.188. The van der Waals surface area contributed by atoms with Gasteiger partial charge in [0, 0.05) is 11.8 Å². The van der Waals surface area contributed by atoms with Crippen LogP contribution in [0.4, 0.5) is 5.69 Å². The molecule has 2 aromatic rings. The Balaban J connectivity index is 2.00. The van der Waals surface area contributed by atoms with E-state index in [0.717, 1.165) is 17.0 Å². The zero-order chi connectivity index (χ0) is 17.7. The van der Waals surface area contributed by atoms with Gasteiger partial charge < -0.3 is 15.4 Å². The first kappa shape index (κ1) is 18.2. The summed E-state index contributed by atoms with van der Waals surface area (Å²) in [5.74, 6) is 0.731. The van der Waals surface area contributed by atoms with Crippen LogP contribution in [0.5, 0.6) is 5.75 Å². The lowest BCUT2D eigenvalue weighted by molar-refractivity contribution is 0.415. The Labute approximate surface area is 147 Å². The van der Waals surface area contributed by atoms with Crippen molar-refractivity contribution in [2.45, 2.75) is 17.9 Å². The molecule has 0 aromatic heterocycles. The molecular formula is C16H19N3O3S2. The summed E-state index contributed by atoms with van der Waals surface area (Å²) in [6.45, 7) is 1.92. The average Bonchev–Trinajstić information content (AvgIpc) is 2.54. The highest BCUT2D eigenvalue weighted by atomic mass is 32.2. The summed E-state index contributed by atoms with van der Waals surface area (Å²) >= 11 is 5.30. The third kappa shape index (κ3) is 4.92. The van der Waals surface area contributed by atoms with Gasteiger partial charge in [-0.25, -0.2) is 13.6 Å². The first-order valence-corrected chi connectivity index (χ1v) is 9.09. The number of sulfonamides is 1. The molecule has 0 unspecified atom stereocenters. The molecule has 0 bridgehead atoms. The SMILES string of the molecule is COc1cccc(NC(=S)N[C@@H](C)c2ccc(S(N)(=O)=O)cc2)c1. The van der Waals surface area contributed by atoms with Crippen molar-refractivity contribution in [3.8, 4) is 5.75 Å². The molecule has 1 atom stereocenters. The van der Waals surface area contributed by atoms with Crippen LogP contribution >= 0.6 is 12.2 Å². The van der Waals surface area contributed by atoms with E-state index in [4.69, 9.17) is 22.1 Å². The lowest BCUT2D eigenvalue weighted by Gasteiger charge is -2.18. The minimum atomic E-state index is -3.69. The smallest absolute Gasteiger partial charge is 0.238 e. The minimum Gasteiger partial charge on any atom is -0.497 e. The number of anilines is 1. The molecule has 0 saturated heterocycles. The molecule has 4 N–H and O–H groups in total. The molecule has 0 radical (unpaired) electrons. The Morgan fingerprint density at radius 2 is 1.88 bits per heavy atom. The highest BCUT2D eigenvalue weighted by molar-refractivity contribution is 7.89. The Bertz CT molecular complexity index is 821. The summed E-state index contributed by atoms with van der Waals surface area (Å²) in [5.41, 5.74) is 1.70. The van der Waals surface area contributed by atoms with Gasteiger partial charge in [0.25, 0.3) is 0 Å². The number of nitrogens with one attached hydrogen (secondary N) is 2. The second-order valence-electron chi connectivity index (χ2n) is 5.17. The molecule has 0 heterocycles. The molecule has 2 aromatic carbocycles. The molecular weight excluding hydrogens is 346 g/mol. The van der Waals surface area contributed by atoms with Gasteiger partial charge in [0.05, 0.1) is 18.0 Å². The van der Waals surface area contributed by atoms with Crippen LogP contribution < -0.4 is 20.5 Å². The number of hydrogen-bond acceptors (Lipinski definition) is 4. The fourth-order valence-corrected chi connectivity index (χ4v) is 2.90. The predicted octanol–water partition coefficient (Wildman–Crippen LogP) is 2.39. The Kier molecular flexibility index (Phi) is 5.76. The van der Waals surface area contributed by atoms with E-state index in [1.54, 1.807) is 19.2 Å². The molecule has 0 amide bonds. The molecule has 2 rings (SSSR count). The number of methoxy groups -OCH3 is 1. The lowest BCUT2D eigenvalue weighted by Crippen LogP contribution is -2.30. The van der Waals surface area contributed by atoms with Crippen molar-refractivity contribution in [3.05, 3.63) is 54.1 Å². The normalized spacial score (nSPS) is 12.3. The summed E-state index contributed by atoms with van der Waals surface area (Å²) in [6.07, 6.45) is 0. The lowest BCUT2D eigenvalue weighted by atomic mass is 10.1. The summed E-state index contributed by atoms with van der Waals surface area (Å²) in [5, 5.41) is 11.8. The van der Waals surface area contributed by atoms with Gasteiger partial charge in [0.2, 0.25) is 10.0 Å². The van der Waals surface area contributed by atoms with E-state index in [1.165, 1.54) is 12.1 Å². The van der Waals surface area contributed by atoms with E-state index in [9.17, 15) is 8.42 Å². The van der Waals surface area contributed by atoms with Crippen molar-refractivity contribution in [1.82, 2.24) is 5.32 Å². The van der Waals surface area contributed by atoms with Crippen LogP contribution in [0.1, 0.15) is 18.5 Å². The number of benzene rings is 2. The van der Waals surface area contributed by atoms with Gasteiger partial charge in [-0.2, -0.15) is 0 Å². The number of ether oxygens (including phenoxy) is 1. The van der Waals surface area contributed by atoms with E-state index in [0.29, 0.717) is 5.11 Å². The van der Waals surface area contributed by atoms with E-state index in [2.05, 4.69) is 10.6 Å². The van der Waals surface area contributed by atoms with Gasteiger partial charge in [0.15, 0.2) is 5.11 Å². The summed E-state index contributed by atoms with van der Waals surface area (Å²) in [4.78, 5) is 0.0792. The molecule has 0 fully saturated rings. The van der Waals surface area contributed by atoms with Crippen LogP contribution in [-0.4, -0.2) is 20.6 Å². The zero-order valence-corrected chi connectivity index (χ0v) is 14.9. The fourth-order valence-electron chi connectivity index (χ4n) is 2.09. The van der Waals surface area contributed by atoms with Crippen LogP contribution in [0.15, 0.2) is 53.4 Å². The highest BCUT2D eigenvalue weighted by Gasteiger charge is 2.11. The molecule has 0 aliphatic heterocycles. The van der Waals surface area contributed by atoms with Gasteiger partial charge >= 0.3 is 0 Å². The van der Waals surface area contributed by atoms with Gasteiger partial charge in [-0.05, 0) is 49.0 Å². The van der Waals surface area contributed by atoms with E-state index < -0.39 is 10.0 Å². The molecule has 0 spiro atoms. The molecule has 8 heteroatoms. The van der Waals surface area contributed by atoms with Crippen molar-refractivity contribution < 1.29 is 13.2 Å². The Hall–Kier alpha value is -2.16. The predicted molar refractivity (Wildman–Crippen MR) is 98.6 cm³/mol. The van der Waals surface area contributed by atoms with E-state index in [1.807, 2.05) is 31.2 Å². The molecule has 128 valence electrons. The van der Waals surface area contributed by atoms with Crippen molar-refractivity contribution in [2.24, 2.45) is 5.14 Å². The Morgan fingerprint density at radius 1 is 1.21 bits per heavy atom. The van der Waals surface area contributed by atoms with Crippen LogP contribution in [-0.2, 0) is 10.0 Å². The molecule has 0 saturated carbocycles. The topological polar surface area (TPSA) is 93.4 Å². The van der Waals surface area contributed by atoms with Crippen LogP contribution in [0.3, 0.4) is 0 Å². The second-order valence-corrected chi connectivity index (χ2v) is 7.14. The quantitative estimate of drug-likeness (QED) is 0.705. The van der Waals surface area contributed by atoms with Gasteiger partial charge in [-0.3, -0.25) is 0 Å². The third-order valence-corrected chi connectivity index (χ3v) is 4.53. The van der Waals surface area contributed by atoms with Crippen molar-refractivity contribution in [1.29, 1.82) is 0 Å². The second kappa shape index (κ2) is 7.61. The third-order valence-electron chi connectivity index (χ3n) is 3.38. The maximum atomic E-state index is 11.3. The van der Waals surface area contributed by atoms with Crippen LogP contribution in [0, 0.1) is 0 Å². The average molecular weight is 365 g/mol. The first-order chi connectivity index (χ1) is 11.3.